The van der Waals surface area contributed by atoms with Crippen molar-refractivity contribution in [3.8, 4) is 0 Å². The summed E-state index contributed by atoms with van der Waals surface area (Å²) in [6.07, 6.45) is 0.749. The van der Waals surface area contributed by atoms with Gasteiger partial charge in [0.15, 0.2) is 5.82 Å². The minimum Gasteiger partial charge on any atom is -0.331 e. The Labute approximate surface area is 95.0 Å². The first-order valence-corrected chi connectivity index (χ1v) is 4.78. The molecule has 1 heterocycles. The molecule has 0 radical (unpaired) electrons. The second-order valence-electron chi connectivity index (χ2n) is 3.08. The van der Waals surface area contributed by atoms with E-state index in [1.165, 1.54) is 18.2 Å². The van der Waals surface area contributed by atoms with Gasteiger partial charge in [-0.15, -0.1) is 0 Å². The summed E-state index contributed by atoms with van der Waals surface area (Å²) in [4.78, 5) is 14.1. The predicted octanol–water partition coefficient (Wildman–Crippen LogP) is 2.27. The molecule has 16 heavy (non-hydrogen) atoms. The van der Waals surface area contributed by atoms with Crippen molar-refractivity contribution in [2.75, 3.05) is 0 Å². The fraction of sp³-hybridized carbons (Fsp3) is 0.100. The number of carbonyl (C=O) groups excluding carboxylic acids is 1. The molecule has 0 saturated carbocycles. The Morgan fingerprint density at radius 2 is 2.31 bits per heavy atom. The first-order chi connectivity index (χ1) is 7.69. The number of carbonyl (C=O) groups is 1. The van der Waals surface area contributed by atoms with Crippen LogP contribution in [-0.2, 0) is 6.42 Å². The quantitative estimate of drug-likeness (QED) is 0.773. The molecule has 0 aliphatic carbocycles. The minimum atomic E-state index is -0.407. The van der Waals surface area contributed by atoms with Gasteiger partial charge in [-0.05, 0) is 17.7 Å². The summed E-state index contributed by atoms with van der Waals surface area (Å²) in [6.45, 7) is 0. The molecule has 0 unspecified atom stereocenters. The third-order valence-corrected chi connectivity index (χ3v) is 2.30. The zero-order chi connectivity index (χ0) is 11.5. The molecule has 1 aromatic carbocycles. The maximum atomic E-state index is 12.8. The van der Waals surface area contributed by atoms with E-state index in [-0.39, 0.29) is 17.3 Å². The van der Waals surface area contributed by atoms with Gasteiger partial charge < -0.3 is 4.52 Å². The van der Waals surface area contributed by atoms with Crippen LogP contribution in [0, 0.1) is 5.82 Å². The predicted molar refractivity (Wildman–Crippen MR) is 53.9 cm³/mol. The highest BCUT2D eigenvalue weighted by atomic mass is 35.5. The smallest absolute Gasteiger partial charge is 0.290 e. The van der Waals surface area contributed by atoms with Crippen molar-refractivity contribution in [2.24, 2.45) is 0 Å². The molecule has 4 nitrogen and oxygen atoms in total. The van der Waals surface area contributed by atoms with Crippen LogP contribution in [0.25, 0.3) is 0 Å². The van der Waals surface area contributed by atoms with Gasteiger partial charge in [-0.3, -0.25) is 4.79 Å². The molecule has 0 saturated heterocycles. The van der Waals surface area contributed by atoms with Gasteiger partial charge in [0, 0.05) is 11.4 Å². The summed E-state index contributed by atoms with van der Waals surface area (Å²) >= 11 is 5.82. The molecule has 0 aliphatic heterocycles. The summed E-state index contributed by atoms with van der Waals surface area (Å²) in [7, 11) is 0. The molecule has 0 spiro atoms. The topological polar surface area (TPSA) is 56.0 Å². The molecular formula is C10H6ClFN2O2. The van der Waals surface area contributed by atoms with Gasteiger partial charge in [0.1, 0.15) is 5.82 Å². The van der Waals surface area contributed by atoms with Crippen molar-refractivity contribution < 1.29 is 13.7 Å². The summed E-state index contributed by atoms with van der Waals surface area (Å²) in [5.74, 6) is -0.167. The van der Waals surface area contributed by atoms with Gasteiger partial charge in [0.2, 0.25) is 6.29 Å². The fourth-order valence-electron chi connectivity index (χ4n) is 1.22. The van der Waals surface area contributed by atoms with Gasteiger partial charge in [0.25, 0.3) is 5.89 Å². The van der Waals surface area contributed by atoms with E-state index in [0.29, 0.717) is 17.7 Å². The summed E-state index contributed by atoms with van der Waals surface area (Å²) in [6, 6.07) is 4.04. The van der Waals surface area contributed by atoms with Gasteiger partial charge in [-0.25, -0.2) is 4.39 Å². The van der Waals surface area contributed by atoms with Crippen molar-refractivity contribution in [1.29, 1.82) is 0 Å². The molecule has 2 aromatic rings. The Bertz CT molecular complexity index is 527. The minimum absolute atomic E-state index is 0.0896. The van der Waals surface area contributed by atoms with E-state index in [2.05, 4.69) is 14.7 Å². The SMILES string of the molecule is O=Cc1nc(Cc2ccc(F)cc2Cl)no1. The Balaban J connectivity index is 2.23. The number of nitrogens with zero attached hydrogens (tertiary/aromatic N) is 2. The van der Waals surface area contributed by atoms with Crippen LogP contribution in [0.15, 0.2) is 22.7 Å². The van der Waals surface area contributed by atoms with Gasteiger partial charge in [0.05, 0.1) is 0 Å². The van der Waals surface area contributed by atoms with Crippen LogP contribution in [0.4, 0.5) is 4.39 Å². The van der Waals surface area contributed by atoms with Crippen LogP contribution in [0.5, 0.6) is 0 Å². The molecule has 0 fully saturated rings. The van der Waals surface area contributed by atoms with E-state index in [4.69, 9.17) is 11.6 Å². The summed E-state index contributed by atoms with van der Waals surface area (Å²) in [5.41, 5.74) is 0.668. The number of aldehydes is 1. The zero-order valence-electron chi connectivity index (χ0n) is 7.98. The molecule has 0 amide bonds. The van der Waals surface area contributed by atoms with Gasteiger partial charge in [-0.2, -0.15) is 4.98 Å². The van der Waals surface area contributed by atoms with Gasteiger partial charge in [-0.1, -0.05) is 22.8 Å². The largest absolute Gasteiger partial charge is 0.331 e. The van der Waals surface area contributed by atoms with Crippen LogP contribution in [0.3, 0.4) is 0 Å². The van der Waals surface area contributed by atoms with Crippen molar-refractivity contribution in [2.45, 2.75) is 6.42 Å². The summed E-state index contributed by atoms with van der Waals surface area (Å²) in [5, 5.41) is 3.87. The lowest BCUT2D eigenvalue weighted by Gasteiger charge is -2.00. The molecule has 0 atom stereocenters. The average molecular weight is 241 g/mol. The van der Waals surface area contributed by atoms with E-state index in [1.807, 2.05) is 0 Å². The molecular weight excluding hydrogens is 235 g/mol. The normalized spacial score (nSPS) is 10.4. The van der Waals surface area contributed by atoms with Crippen molar-refractivity contribution in [3.05, 3.63) is 46.3 Å². The molecule has 1 aromatic heterocycles. The number of rotatable bonds is 3. The highest BCUT2D eigenvalue weighted by Gasteiger charge is 2.09. The molecule has 0 bridgehead atoms. The second kappa shape index (κ2) is 4.40. The average Bonchev–Trinajstić information content (AvgIpc) is 2.70. The Hall–Kier alpha value is -1.75. The van der Waals surface area contributed by atoms with Crippen LogP contribution in [0.2, 0.25) is 5.02 Å². The van der Waals surface area contributed by atoms with Crippen LogP contribution in [0.1, 0.15) is 22.1 Å². The van der Waals surface area contributed by atoms with Crippen molar-refractivity contribution in [1.82, 2.24) is 10.1 Å². The van der Waals surface area contributed by atoms with Crippen molar-refractivity contribution >= 4 is 17.9 Å². The first kappa shape index (κ1) is 10.8. The molecule has 82 valence electrons. The molecule has 6 heteroatoms. The first-order valence-electron chi connectivity index (χ1n) is 4.41. The van der Waals surface area contributed by atoms with E-state index >= 15 is 0 Å². The fourth-order valence-corrected chi connectivity index (χ4v) is 1.46. The van der Waals surface area contributed by atoms with Crippen LogP contribution in [-0.4, -0.2) is 16.4 Å². The number of hydrogen-bond donors (Lipinski definition) is 0. The van der Waals surface area contributed by atoms with Crippen molar-refractivity contribution in [3.63, 3.8) is 0 Å². The Morgan fingerprint density at radius 1 is 1.50 bits per heavy atom. The van der Waals surface area contributed by atoms with E-state index in [1.54, 1.807) is 0 Å². The monoisotopic (exact) mass is 240 g/mol. The highest BCUT2D eigenvalue weighted by Crippen LogP contribution is 2.19. The molecule has 0 aliphatic rings. The third-order valence-electron chi connectivity index (χ3n) is 1.95. The summed E-state index contributed by atoms with van der Waals surface area (Å²) < 4.78 is 17.4. The number of aromatic nitrogens is 2. The van der Waals surface area contributed by atoms with Crippen LogP contribution < -0.4 is 0 Å². The van der Waals surface area contributed by atoms with Gasteiger partial charge >= 0.3 is 0 Å². The number of hydrogen-bond acceptors (Lipinski definition) is 4. The lowest BCUT2D eigenvalue weighted by Crippen LogP contribution is -1.93. The van der Waals surface area contributed by atoms with E-state index < -0.39 is 5.82 Å². The zero-order valence-corrected chi connectivity index (χ0v) is 8.74. The lowest BCUT2D eigenvalue weighted by atomic mass is 10.1. The molecule has 2 rings (SSSR count). The molecule has 0 N–H and O–H groups in total. The highest BCUT2D eigenvalue weighted by molar-refractivity contribution is 6.31. The van der Waals surface area contributed by atoms with Crippen LogP contribution >= 0.6 is 11.6 Å². The third kappa shape index (κ3) is 2.25. The van der Waals surface area contributed by atoms with E-state index in [9.17, 15) is 9.18 Å². The maximum absolute atomic E-state index is 12.8. The Kier molecular flexibility index (Phi) is 2.96. The Morgan fingerprint density at radius 3 is 2.94 bits per heavy atom. The lowest BCUT2D eigenvalue weighted by molar-refractivity contribution is 0.108. The maximum Gasteiger partial charge on any atom is 0.290 e. The van der Waals surface area contributed by atoms with E-state index in [0.717, 1.165) is 0 Å². The number of halogens is 2. The standard InChI is InChI=1S/C10H6ClFN2O2/c11-8-4-7(12)2-1-6(8)3-9-13-10(5-15)16-14-9/h1-2,4-5H,3H2. The second-order valence-corrected chi connectivity index (χ2v) is 3.49. The number of benzene rings is 1.